The highest BCUT2D eigenvalue weighted by molar-refractivity contribution is 6.01. The smallest absolute Gasteiger partial charge is 0.277 e. The highest BCUT2D eigenvalue weighted by atomic mass is 16.5. The largest absolute Gasteiger partial charge is 0.497 e. The Morgan fingerprint density at radius 3 is 2.63 bits per heavy atom. The Kier molecular flexibility index (Phi) is 5.51. The first kappa shape index (κ1) is 18.2. The van der Waals surface area contributed by atoms with E-state index >= 15 is 0 Å². The van der Waals surface area contributed by atoms with Gasteiger partial charge in [0.1, 0.15) is 28.5 Å². The van der Waals surface area contributed by atoms with Crippen molar-refractivity contribution in [3.8, 4) is 22.8 Å². The lowest BCUT2D eigenvalue weighted by Crippen LogP contribution is -2.19. The van der Waals surface area contributed by atoms with Crippen LogP contribution in [-0.4, -0.2) is 31.5 Å². The molecule has 1 heterocycles. The summed E-state index contributed by atoms with van der Waals surface area (Å²) in [6.45, 7) is 1.68. The average Bonchev–Trinajstić information content (AvgIpc) is 3.10. The summed E-state index contributed by atoms with van der Waals surface area (Å²) in [5, 5.41) is 8.03. The van der Waals surface area contributed by atoms with Crippen molar-refractivity contribution in [3.05, 3.63) is 65.4 Å². The molecule has 27 heavy (non-hydrogen) atoms. The molecule has 0 saturated heterocycles. The van der Waals surface area contributed by atoms with Gasteiger partial charge in [-0.15, -0.1) is 0 Å². The SMILES string of the molecule is COc1ccc(OC)c(/C=N/NC(=O)c2c(-c3ccccc3)noc2C)c1. The summed E-state index contributed by atoms with van der Waals surface area (Å²) >= 11 is 0. The summed E-state index contributed by atoms with van der Waals surface area (Å²) in [5.41, 5.74) is 4.78. The molecule has 7 nitrogen and oxygen atoms in total. The van der Waals surface area contributed by atoms with Crippen LogP contribution in [0.4, 0.5) is 0 Å². The number of benzene rings is 2. The number of nitrogens with zero attached hydrogens (tertiary/aromatic N) is 2. The number of hydrazone groups is 1. The van der Waals surface area contributed by atoms with Gasteiger partial charge in [-0.2, -0.15) is 5.10 Å². The van der Waals surface area contributed by atoms with Crippen LogP contribution in [0.25, 0.3) is 11.3 Å². The molecule has 3 rings (SSSR count). The quantitative estimate of drug-likeness (QED) is 0.534. The second kappa shape index (κ2) is 8.18. The molecule has 0 aliphatic rings. The van der Waals surface area contributed by atoms with E-state index in [4.69, 9.17) is 14.0 Å². The molecule has 138 valence electrons. The number of hydrogen-bond donors (Lipinski definition) is 1. The number of hydrogen-bond acceptors (Lipinski definition) is 6. The number of methoxy groups -OCH3 is 2. The molecular formula is C20H19N3O4. The second-order valence-electron chi connectivity index (χ2n) is 5.64. The Labute approximate surface area is 156 Å². The summed E-state index contributed by atoms with van der Waals surface area (Å²) in [4.78, 5) is 12.6. The first-order chi connectivity index (χ1) is 13.1. The van der Waals surface area contributed by atoms with Gasteiger partial charge in [-0.25, -0.2) is 5.43 Å². The van der Waals surface area contributed by atoms with Gasteiger partial charge in [0.2, 0.25) is 0 Å². The fraction of sp³-hybridized carbons (Fsp3) is 0.150. The van der Waals surface area contributed by atoms with Crippen LogP contribution < -0.4 is 14.9 Å². The zero-order chi connectivity index (χ0) is 19.2. The number of carbonyl (C=O) groups is 1. The maximum absolute atomic E-state index is 12.6. The van der Waals surface area contributed by atoms with E-state index in [9.17, 15) is 4.79 Å². The Balaban J connectivity index is 1.82. The average molecular weight is 365 g/mol. The second-order valence-corrected chi connectivity index (χ2v) is 5.64. The third kappa shape index (κ3) is 3.98. The predicted octanol–water partition coefficient (Wildman–Crippen LogP) is 3.43. The van der Waals surface area contributed by atoms with Crippen molar-refractivity contribution >= 4 is 12.1 Å². The lowest BCUT2D eigenvalue weighted by atomic mass is 10.1. The highest BCUT2D eigenvalue weighted by Crippen LogP contribution is 2.25. The number of ether oxygens (including phenoxy) is 2. The summed E-state index contributed by atoms with van der Waals surface area (Å²) in [5.74, 6) is 1.27. The Hall–Kier alpha value is -3.61. The fourth-order valence-corrected chi connectivity index (χ4v) is 2.59. The van der Waals surface area contributed by atoms with Crippen LogP contribution in [0.3, 0.4) is 0 Å². The van der Waals surface area contributed by atoms with E-state index in [0.717, 1.165) is 5.56 Å². The minimum atomic E-state index is -0.411. The van der Waals surface area contributed by atoms with Gasteiger partial charge < -0.3 is 14.0 Å². The van der Waals surface area contributed by atoms with Gasteiger partial charge in [0.15, 0.2) is 0 Å². The van der Waals surface area contributed by atoms with E-state index in [-0.39, 0.29) is 0 Å². The number of rotatable bonds is 6. The van der Waals surface area contributed by atoms with Gasteiger partial charge in [-0.05, 0) is 25.1 Å². The molecule has 0 aliphatic carbocycles. The summed E-state index contributed by atoms with van der Waals surface area (Å²) in [6.07, 6.45) is 1.49. The molecule has 0 aliphatic heterocycles. The van der Waals surface area contributed by atoms with Crippen molar-refractivity contribution < 1.29 is 18.8 Å². The van der Waals surface area contributed by atoms with Gasteiger partial charge in [0, 0.05) is 11.1 Å². The van der Waals surface area contributed by atoms with Gasteiger partial charge in [-0.1, -0.05) is 35.5 Å². The number of aromatic nitrogens is 1. The van der Waals surface area contributed by atoms with Crippen LogP contribution in [0.15, 0.2) is 58.2 Å². The van der Waals surface area contributed by atoms with E-state index in [1.165, 1.54) is 6.21 Å². The van der Waals surface area contributed by atoms with Gasteiger partial charge in [0.25, 0.3) is 5.91 Å². The third-order valence-corrected chi connectivity index (χ3v) is 3.94. The molecular weight excluding hydrogens is 346 g/mol. The van der Waals surface area contributed by atoms with Crippen LogP contribution >= 0.6 is 0 Å². The van der Waals surface area contributed by atoms with E-state index in [1.807, 2.05) is 30.3 Å². The lowest BCUT2D eigenvalue weighted by molar-refractivity contribution is 0.0954. The molecule has 2 aromatic carbocycles. The minimum Gasteiger partial charge on any atom is -0.497 e. The van der Waals surface area contributed by atoms with Crippen LogP contribution in [-0.2, 0) is 0 Å². The number of nitrogens with one attached hydrogen (secondary N) is 1. The highest BCUT2D eigenvalue weighted by Gasteiger charge is 2.21. The lowest BCUT2D eigenvalue weighted by Gasteiger charge is -2.07. The fourth-order valence-electron chi connectivity index (χ4n) is 2.59. The van der Waals surface area contributed by atoms with Crippen molar-refractivity contribution in [3.63, 3.8) is 0 Å². The zero-order valence-electron chi connectivity index (χ0n) is 15.2. The third-order valence-electron chi connectivity index (χ3n) is 3.94. The standard InChI is InChI=1S/C20H19N3O4/c1-13-18(19(23-27-13)14-7-5-4-6-8-14)20(24)22-21-12-15-11-16(25-2)9-10-17(15)26-3/h4-12H,1-3H3,(H,22,24)/b21-12+. The zero-order valence-corrected chi connectivity index (χ0v) is 15.2. The molecule has 0 saturated carbocycles. The van der Waals surface area contributed by atoms with Gasteiger partial charge in [0.05, 0.1) is 20.4 Å². The molecule has 1 aromatic heterocycles. The van der Waals surface area contributed by atoms with Crippen LogP contribution in [0, 0.1) is 6.92 Å². The van der Waals surface area contributed by atoms with Crippen molar-refractivity contribution in [1.82, 2.24) is 10.6 Å². The van der Waals surface area contributed by atoms with Crippen molar-refractivity contribution in [2.45, 2.75) is 6.92 Å². The minimum absolute atomic E-state index is 0.343. The van der Waals surface area contributed by atoms with Crippen molar-refractivity contribution in [2.75, 3.05) is 14.2 Å². The Bertz CT molecular complexity index is 965. The van der Waals surface area contributed by atoms with E-state index in [2.05, 4.69) is 15.7 Å². The normalized spacial score (nSPS) is 10.8. The molecule has 0 unspecified atom stereocenters. The van der Waals surface area contributed by atoms with Gasteiger partial charge >= 0.3 is 0 Å². The number of carbonyl (C=O) groups excluding carboxylic acids is 1. The van der Waals surface area contributed by atoms with E-state index in [0.29, 0.717) is 34.1 Å². The monoisotopic (exact) mass is 365 g/mol. The van der Waals surface area contributed by atoms with Crippen LogP contribution in [0.1, 0.15) is 21.7 Å². The molecule has 0 radical (unpaired) electrons. The van der Waals surface area contributed by atoms with E-state index in [1.54, 1.807) is 39.3 Å². The van der Waals surface area contributed by atoms with Gasteiger partial charge in [-0.3, -0.25) is 4.79 Å². The molecule has 0 spiro atoms. The molecule has 0 fully saturated rings. The molecule has 0 atom stereocenters. The topological polar surface area (TPSA) is 86.0 Å². The van der Waals surface area contributed by atoms with Crippen LogP contribution in [0.5, 0.6) is 11.5 Å². The first-order valence-corrected chi connectivity index (χ1v) is 8.21. The Morgan fingerprint density at radius 1 is 1.15 bits per heavy atom. The first-order valence-electron chi connectivity index (χ1n) is 8.21. The molecule has 3 aromatic rings. The van der Waals surface area contributed by atoms with Crippen LogP contribution in [0.2, 0.25) is 0 Å². The van der Waals surface area contributed by atoms with Crippen molar-refractivity contribution in [1.29, 1.82) is 0 Å². The summed E-state index contributed by atoms with van der Waals surface area (Å²) in [7, 11) is 3.13. The summed E-state index contributed by atoms with van der Waals surface area (Å²) in [6, 6.07) is 14.6. The predicted molar refractivity (Wildman–Crippen MR) is 101 cm³/mol. The number of aryl methyl sites for hydroxylation is 1. The maximum atomic E-state index is 12.6. The maximum Gasteiger partial charge on any atom is 0.277 e. The Morgan fingerprint density at radius 2 is 1.93 bits per heavy atom. The molecule has 1 amide bonds. The number of amides is 1. The summed E-state index contributed by atoms with van der Waals surface area (Å²) < 4.78 is 15.7. The van der Waals surface area contributed by atoms with E-state index < -0.39 is 5.91 Å². The van der Waals surface area contributed by atoms with Crippen molar-refractivity contribution in [2.24, 2.45) is 5.10 Å². The molecule has 1 N–H and O–H groups in total. The molecule has 7 heteroatoms. The molecule has 0 bridgehead atoms.